The highest BCUT2D eigenvalue weighted by Crippen LogP contribution is 2.45. The predicted molar refractivity (Wildman–Crippen MR) is 113 cm³/mol. The van der Waals surface area contributed by atoms with Crippen LogP contribution in [0.3, 0.4) is 0 Å². The molecule has 0 amide bonds. The molecular formula is C25H16O5. The first-order valence-corrected chi connectivity index (χ1v) is 9.45. The number of methoxy groups -OCH3 is 1. The summed E-state index contributed by atoms with van der Waals surface area (Å²) in [5.41, 5.74) is 2.17. The molecule has 0 N–H and O–H groups in total. The smallest absolute Gasteiger partial charge is 0.348 e. The minimum Gasteiger partial charge on any atom is -0.496 e. The highest BCUT2D eigenvalue weighted by Gasteiger charge is 2.35. The van der Waals surface area contributed by atoms with Gasteiger partial charge < -0.3 is 9.15 Å². The van der Waals surface area contributed by atoms with Crippen molar-refractivity contribution in [2.45, 2.75) is 6.92 Å². The monoisotopic (exact) mass is 396 g/mol. The second-order valence-electron chi connectivity index (χ2n) is 7.18. The van der Waals surface area contributed by atoms with E-state index in [0.29, 0.717) is 44.5 Å². The summed E-state index contributed by atoms with van der Waals surface area (Å²) in [5.74, 6) is -0.262. The van der Waals surface area contributed by atoms with Gasteiger partial charge in [0.05, 0.1) is 12.7 Å². The Bertz CT molecular complexity index is 1430. The molecule has 0 bridgehead atoms. The van der Waals surface area contributed by atoms with Crippen molar-refractivity contribution in [3.63, 3.8) is 0 Å². The van der Waals surface area contributed by atoms with E-state index in [1.54, 1.807) is 67.6 Å². The molecular weight excluding hydrogens is 380 g/mol. The Morgan fingerprint density at radius 3 is 2.27 bits per heavy atom. The third-order valence-corrected chi connectivity index (χ3v) is 5.47. The number of carbonyl (C=O) groups is 2. The van der Waals surface area contributed by atoms with Crippen LogP contribution < -0.4 is 10.4 Å². The first-order chi connectivity index (χ1) is 14.5. The van der Waals surface area contributed by atoms with Crippen LogP contribution in [0, 0.1) is 6.92 Å². The number of rotatable bonds is 3. The number of ether oxygens (including phenoxy) is 1. The average Bonchev–Trinajstić information content (AvgIpc) is 2.76. The second-order valence-corrected chi connectivity index (χ2v) is 7.18. The Labute approximate surface area is 171 Å². The van der Waals surface area contributed by atoms with Crippen LogP contribution in [-0.2, 0) is 0 Å². The molecule has 5 nitrogen and oxygen atoms in total. The Morgan fingerprint density at radius 1 is 0.900 bits per heavy atom. The van der Waals surface area contributed by atoms with Crippen molar-refractivity contribution < 1.29 is 18.7 Å². The van der Waals surface area contributed by atoms with Gasteiger partial charge in [-0.1, -0.05) is 54.6 Å². The van der Waals surface area contributed by atoms with Crippen LogP contribution in [0.25, 0.3) is 22.1 Å². The van der Waals surface area contributed by atoms with E-state index in [9.17, 15) is 14.4 Å². The van der Waals surface area contributed by atoms with Crippen LogP contribution in [0.2, 0.25) is 0 Å². The van der Waals surface area contributed by atoms with Gasteiger partial charge in [-0.15, -0.1) is 0 Å². The minimum atomic E-state index is -0.731. The van der Waals surface area contributed by atoms with E-state index in [0.717, 1.165) is 0 Å². The Hall–Kier alpha value is -3.99. The third kappa shape index (κ3) is 2.38. The number of hydrogen-bond acceptors (Lipinski definition) is 5. The number of benzene rings is 3. The van der Waals surface area contributed by atoms with Gasteiger partial charge in [-0.25, -0.2) is 4.79 Å². The maximum Gasteiger partial charge on any atom is 0.348 e. The second kappa shape index (κ2) is 6.52. The summed E-state index contributed by atoms with van der Waals surface area (Å²) >= 11 is 0. The lowest BCUT2D eigenvalue weighted by molar-refractivity contribution is 0.102. The quantitative estimate of drug-likeness (QED) is 0.330. The Balaban J connectivity index is 2.01. The number of fused-ring (bicyclic) bond motifs is 2. The number of ketones is 2. The van der Waals surface area contributed by atoms with E-state index in [-0.39, 0.29) is 16.9 Å². The maximum absolute atomic E-state index is 13.4. The number of aryl methyl sites for hydroxylation is 1. The number of carbonyl (C=O) groups excluding carboxylic acids is 2. The van der Waals surface area contributed by atoms with Crippen molar-refractivity contribution in [1.29, 1.82) is 0 Å². The Kier molecular flexibility index (Phi) is 3.93. The summed E-state index contributed by atoms with van der Waals surface area (Å²) in [4.78, 5) is 39.8. The fourth-order valence-electron chi connectivity index (χ4n) is 4.20. The van der Waals surface area contributed by atoms with E-state index >= 15 is 0 Å². The van der Waals surface area contributed by atoms with Gasteiger partial charge in [0, 0.05) is 22.1 Å². The summed E-state index contributed by atoms with van der Waals surface area (Å²) < 4.78 is 11.1. The van der Waals surface area contributed by atoms with Crippen LogP contribution in [0.15, 0.2) is 69.9 Å². The van der Waals surface area contributed by atoms with Crippen LogP contribution in [0.4, 0.5) is 0 Å². The van der Waals surface area contributed by atoms with Crippen LogP contribution >= 0.6 is 0 Å². The summed E-state index contributed by atoms with van der Waals surface area (Å²) in [5, 5.41) is 0.431. The van der Waals surface area contributed by atoms with Crippen molar-refractivity contribution in [2.24, 2.45) is 0 Å². The molecule has 5 heteroatoms. The highest BCUT2D eigenvalue weighted by atomic mass is 16.5. The highest BCUT2D eigenvalue weighted by molar-refractivity contribution is 6.29. The molecule has 1 aromatic heterocycles. The van der Waals surface area contributed by atoms with Crippen LogP contribution in [0.5, 0.6) is 5.75 Å². The molecule has 0 radical (unpaired) electrons. The van der Waals surface area contributed by atoms with Crippen molar-refractivity contribution in [1.82, 2.24) is 0 Å². The molecule has 0 saturated heterocycles. The molecule has 4 aromatic rings. The fraction of sp³-hybridized carbons (Fsp3) is 0.0800. The van der Waals surface area contributed by atoms with Gasteiger partial charge in [0.15, 0.2) is 5.78 Å². The van der Waals surface area contributed by atoms with E-state index < -0.39 is 11.4 Å². The molecule has 0 atom stereocenters. The zero-order valence-corrected chi connectivity index (χ0v) is 16.3. The summed E-state index contributed by atoms with van der Waals surface area (Å²) in [7, 11) is 1.49. The molecule has 1 aliphatic carbocycles. The van der Waals surface area contributed by atoms with Gasteiger partial charge in [-0.2, -0.15) is 0 Å². The largest absolute Gasteiger partial charge is 0.496 e. The maximum atomic E-state index is 13.4. The predicted octanol–water partition coefficient (Wildman–Crippen LogP) is 4.55. The minimum absolute atomic E-state index is 0.0826. The van der Waals surface area contributed by atoms with Gasteiger partial charge in [0.25, 0.3) is 0 Å². The summed E-state index contributed by atoms with van der Waals surface area (Å²) in [6.45, 7) is 1.78. The molecule has 0 fully saturated rings. The molecule has 30 heavy (non-hydrogen) atoms. The molecule has 0 unspecified atom stereocenters. The van der Waals surface area contributed by atoms with Gasteiger partial charge >= 0.3 is 5.63 Å². The average molecular weight is 396 g/mol. The van der Waals surface area contributed by atoms with Crippen molar-refractivity contribution in [3.8, 4) is 16.9 Å². The van der Waals surface area contributed by atoms with Crippen molar-refractivity contribution in [3.05, 3.63) is 98.9 Å². The molecule has 1 heterocycles. The zero-order chi connectivity index (χ0) is 21.0. The molecule has 0 spiro atoms. The van der Waals surface area contributed by atoms with E-state index in [2.05, 4.69) is 0 Å². The van der Waals surface area contributed by atoms with Gasteiger partial charge in [-0.3, -0.25) is 9.59 Å². The van der Waals surface area contributed by atoms with Gasteiger partial charge in [0.2, 0.25) is 5.78 Å². The summed E-state index contributed by atoms with van der Waals surface area (Å²) in [6, 6.07) is 17.2. The van der Waals surface area contributed by atoms with Crippen molar-refractivity contribution >= 4 is 22.5 Å². The number of hydrogen-bond donors (Lipinski definition) is 0. The lowest BCUT2D eigenvalue weighted by Gasteiger charge is -2.23. The lowest BCUT2D eigenvalue weighted by atomic mass is 9.80. The molecule has 0 aliphatic heterocycles. The molecule has 5 rings (SSSR count). The first kappa shape index (κ1) is 18.1. The third-order valence-electron chi connectivity index (χ3n) is 5.47. The fourth-order valence-corrected chi connectivity index (χ4v) is 4.20. The SMILES string of the molecule is COc1c(C)cc2oc(=O)c(C(=O)c3ccccc3)c3c2c1C(=O)c1ccccc1-3. The zero-order valence-electron chi connectivity index (χ0n) is 16.3. The van der Waals surface area contributed by atoms with Gasteiger partial charge in [0.1, 0.15) is 16.9 Å². The van der Waals surface area contributed by atoms with Crippen LogP contribution in [0.1, 0.15) is 37.4 Å². The van der Waals surface area contributed by atoms with Crippen molar-refractivity contribution in [2.75, 3.05) is 7.11 Å². The first-order valence-electron chi connectivity index (χ1n) is 9.45. The lowest BCUT2D eigenvalue weighted by Crippen LogP contribution is -2.21. The molecule has 3 aromatic carbocycles. The normalized spacial score (nSPS) is 12.0. The topological polar surface area (TPSA) is 73.6 Å². The van der Waals surface area contributed by atoms with Crippen LogP contribution in [-0.4, -0.2) is 18.7 Å². The molecule has 1 aliphatic rings. The van der Waals surface area contributed by atoms with E-state index in [1.807, 2.05) is 0 Å². The van der Waals surface area contributed by atoms with E-state index in [4.69, 9.17) is 9.15 Å². The summed E-state index contributed by atoms with van der Waals surface area (Å²) in [6.07, 6.45) is 0. The Morgan fingerprint density at radius 2 is 1.57 bits per heavy atom. The van der Waals surface area contributed by atoms with E-state index in [1.165, 1.54) is 7.11 Å². The molecule has 0 saturated carbocycles. The van der Waals surface area contributed by atoms with Gasteiger partial charge in [-0.05, 0) is 24.1 Å². The molecule has 146 valence electrons. The standard InChI is InChI=1S/C25H16O5/c1-13-12-17-19-18(21(25(28)30-17)22(26)14-8-4-3-5-9-14)15-10-6-7-11-16(15)23(27)20(19)24(13)29-2/h3-12H,1-2H3.